The second-order valence-electron chi connectivity index (χ2n) is 6.24. The Morgan fingerprint density at radius 3 is 2.36 bits per heavy atom. The number of aldehydes is 1. The number of carbonyl (C=O) groups excluding carboxylic acids is 3. The van der Waals surface area contributed by atoms with Gasteiger partial charge in [-0.15, -0.1) is 0 Å². The van der Waals surface area contributed by atoms with E-state index in [2.05, 4.69) is 0 Å². The van der Waals surface area contributed by atoms with E-state index >= 15 is 0 Å². The molecule has 0 aromatic carbocycles. The lowest BCUT2D eigenvalue weighted by molar-refractivity contribution is -0.197. The summed E-state index contributed by atoms with van der Waals surface area (Å²) < 4.78 is 5.22. The number of amides is 1. The highest BCUT2D eigenvalue weighted by Gasteiger charge is 2.62. The third-order valence-electron chi connectivity index (χ3n) is 5.06. The molecule has 1 unspecified atom stereocenters. The van der Waals surface area contributed by atoms with Crippen LogP contribution in [0.25, 0.3) is 0 Å². The van der Waals surface area contributed by atoms with Crippen molar-refractivity contribution in [3.63, 3.8) is 0 Å². The molecule has 1 aliphatic carbocycles. The SMILES string of the molecule is CCOC(=O)C1(C2(O)CCCCC2)CCCCN1C(=O)C=O. The maximum Gasteiger partial charge on any atom is 0.335 e. The highest BCUT2D eigenvalue weighted by molar-refractivity contribution is 6.24. The Labute approximate surface area is 130 Å². The zero-order valence-electron chi connectivity index (χ0n) is 13.2. The smallest absolute Gasteiger partial charge is 0.335 e. The number of hydrogen-bond donors (Lipinski definition) is 1. The standard InChI is InChI=1S/C16H25NO5/c1-2-22-14(20)16(15(21)8-4-3-5-9-15)10-6-7-11-17(16)13(19)12-18/h12,21H,2-11H2,1H3. The van der Waals surface area contributed by atoms with E-state index in [0.29, 0.717) is 25.8 Å². The largest absolute Gasteiger partial charge is 0.464 e. The van der Waals surface area contributed by atoms with Crippen LogP contribution >= 0.6 is 0 Å². The van der Waals surface area contributed by atoms with Gasteiger partial charge in [0.15, 0.2) is 5.54 Å². The summed E-state index contributed by atoms with van der Waals surface area (Å²) in [6.07, 6.45) is 5.54. The first-order valence-corrected chi connectivity index (χ1v) is 8.18. The summed E-state index contributed by atoms with van der Waals surface area (Å²) in [7, 11) is 0. The van der Waals surface area contributed by atoms with E-state index in [9.17, 15) is 19.5 Å². The molecule has 0 bridgehead atoms. The molecule has 0 aromatic heterocycles. The first-order valence-electron chi connectivity index (χ1n) is 8.18. The molecule has 1 heterocycles. The number of esters is 1. The number of ether oxygens (including phenoxy) is 1. The molecular formula is C16H25NO5. The number of rotatable bonds is 4. The predicted molar refractivity (Wildman–Crippen MR) is 79.0 cm³/mol. The maximum atomic E-state index is 12.8. The molecule has 22 heavy (non-hydrogen) atoms. The Morgan fingerprint density at radius 1 is 1.14 bits per heavy atom. The summed E-state index contributed by atoms with van der Waals surface area (Å²) in [5.74, 6) is -1.32. The average molecular weight is 311 g/mol. The molecule has 2 aliphatic rings. The van der Waals surface area contributed by atoms with E-state index in [1.165, 1.54) is 4.90 Å². The van der Waals surface area contributed by atoms with Gasteiger partial charge in [-0.3, -0.25) is 9.59 Å². The molecule has 6 heteroatoms. The van der Waals surface area contributed by atoms with Crippen LogP contribution in [0.4, 0.5) is 0 Å². The van der Waals surface area contributed by atoms with Gasteiger partial charge in [0.25, 0.3) is 5.91 Å². The lowest BCUT2D eigenvalue weighted by atomic mass is 9.66. The van der Waals surface area contributed by atoms with Gasteiger partial charge in [-0.05, 0) is 39.0 Å². The quantitative estimate of drug-likeness (QED) is 0.479. The van der Waals surface area contributed by atoms with Gasteiger partial charge in [0, 0.05) is 6.54 Å². The van der Waals surface area contributed by atoms with Crippen molar-refractivity contribution in [3.05, 3.63) is 0 Å². The fourth-order valence-electron chi connectivity index (χ4n) is 4.03. The Kier molecular flexibility index (Phi) is 5.21. The zero-order valence-corrected chi connectivity index (χ0v) is 13.2. The first-order chi connectivity index (χ1) is 10.5. The molecule has 0 aromatic rings. The van der Waals surface area contributed by atoms with Crippen LogP contribution in [0.5, 0.6) is 0 Å². The van der Waals surface area contributed by atoms with Crippen LogP contribution < -0.4 is 0 Å². The lowest BCUT2D eigenvalue weighted by Crippen LogP contribution is -2.72. The van der Waals surface area contributed by atoms with Gasteiger partial charge in [-0.25, -0.2) is 4.79 Å². The molecule has 124 valence electrons. The number of likely N-dealkylation sites (tertiary alicyclic amines) is 1. The van der Waals surface area contributed by atoms with Crippen molar-refractivity contribution in [2.45, 2.75) is 69.4 Å². The Bertz CT molecular complexity index is 444. The van der Waals surface area contributed by atoms with Crippen molar-refractivity contribution in [1.29, 1.82) is 0 Å². The second-order valence-corrected chi connectivity index (χ2v) is 6.24. The Balaban J connectivity index is 2.49. The molecule has 1 N–H and O–H groups in total. The van der Waals surface area contributed by atoms with Gasteiger partial charge in [0.05, 0.1) is 12.2 Å². The molecule has 1 saturated carbocycles. The minimum Gasteiger partial charge on any atom is -0.464 e. The van der Waals surface area contributed by atoms with Gasteiger partial charge < -0.3 is 14.7 Å². The predicted octanol–water partition coefficient (Wildman–Crippen LogP) is 1.19. The second kappa shape index (κ2) is 6.77. The van der Waals surface area contributed by atoms with Crippen LogP contribution in [0, 0.1) is 0 Å². The van der Waals surface area contributed by atoms with Crippen LogP contribution in [0.1, 0.15) is 58.3 Å². The van der Waals surface area contributed by atoms with Crippen molar-refractivity contribution >= 4 is 18.2 Å². The topological polar surface area (TPSA) is 83.9 Å². The van der Waals surface area contributed by atoms with Crippen molar-refractivity contribution in [3.8, 4) is 0 Å². The number of piperidine rings is 1. The van der Waals surface area contributed by atoms with E-state index in [-0.39, 0.29) is 12.9 Å². The average Bonchev–Trinajstić information content (AvgIpc) is 2.54. The molecule has 1 amide bonds. The highest BCUT2D eigenvalue weighted by Crippen LogP contribution is 2.46. The van der Waals surface area contributed by atoms with Crippen LogP contribution in [0.15, 0.2) is 0 Å². The summed E-state index contributed by atoms with van der Waals surface area (Å²) in [5, 5.41) is 11.2. The van der Waals surface area contributed by atoms with Gasteiger partial charge in [0.2, 0.25) is 6.29 Å². The van der Waals surface area contributed by atoms with Gasteiger partial charge in [-0.1, -0.05) is 19.3 Å². The first kappa shape index (κ1) is 16.9. The van der Waals surface area contributed by atoms with Crippen molar-refractivity contribution in [2.75, 3.05) is 13.2 Å². The molecule has 1 aliphatic heterocycles. The van der Waals surface area contributed by atoms with Crippen molar-refractivity contribution < 1.29 is 24.2 Å². The number of carbonyl (C=O) groups is 3. The Hall–Kier alpha value is -1.43. The highest BCUT2D eigenvalue weighted by atomic mass is 16.5. The van der Waals surface area contributed by atoms with Crippen LogP contribution in [0.2, 0.25) is 0 Å². The number of aliphatic hydroxyl groups is 1. The van der Waals surface area contributed by atoms with Gasteiger partial charge in [-0.2, -0.15) is 0 Å². The summed E-state index contributed by atoms with van der Waals surface area (Å²) >= 11 is 0. The molecule has 0 radical (unpaired) electrons. The molecule has 2 fully saturated rings. The van der Waals surface area contributed by atoms with Crippen molar-refractivity contribution in [1.82, 2.24) is 4.90 Å². The van der Waals surface area contributed by atoms with Gasteiger partial charge in [0.1, 0.15) is 0 Å². The van der Waals surface area contributed by atoms with E-state index in [4.69, 9.17) is 4.74 Å². The molecule has 1 atom stereocenters. The van der Waals surface area contributed by atoms with E-state index < -0.39 is 23.0 Å². The van der Waals surface area contributed by atoms with Crippen LogP contribution in [-0.4, -0.2) is 52.5 Å². The Morgan fingerprint density at radius 2 is 1.77 bits per heavy atom. The molecule has 6 nitrogen and oxygen atoms in total. The van der Waals surface area contributed by atoms with Gasteiger partial charge >= 0.3 is 5.97 Å². The molecule has 1 saturated heterocycles. The number of nitrogens with zero attached hydrogens (tertiary/aromatic N) is 1. The third-order valence-corrected chi connectivity index (χ3v) is 5.06. The lowest BCUT2D eigenvalue weighted by Gasteiger charge is -2.54. The molecule has 0 spiro atoms. The summed E-state index contributed by atoms with van der Waals surface area (Å²) in [6, 6.07) is 0. The zero-order chi connectivity index (χ0) is 16.2. The van der Waals surface area contributed by atoms with Crippen molar-refractivity contribution in [2.24, 2.45) is 0 Å². The van der Waals surface area contributed by atoms with E-state index in [1.54, 1.807) is 6.92 Å². The van der Waals surface area contributed by atoms with Crippen LogP contribution in [-0.2, 0) is 19.1 Å². The number of hydrogen-bond acceptors (Lipinski definition) is 5. The molecular weight excluding hydrogens is 286 g/mol. The fraction of sp³-hybridized carbons (Fsp3) is 0.812. The summed E-state index contributed by atoms with van der Waals surface area (Å²) in [6.45, 7) is 2.18. The summed E-state index contributed by atoms with van der Waals surface area (Å²) in [5.41, 5.74) is -2.73. The van der Waals surface area contributed by atoms with Crippen LogP contribution in [0.3, 0.4) is 0 Å². The maximum absolute atomic E-state index is 12.8. The normalized spacial score (nSPS) is 28.0. The minimum absolute atomic E-state index is 0.180. The fourth-order valence-corrected chi connectivity index (χ4v) is 4.03. The monoisotopic (exact) mass is 311 g/mol. The van der Waals surface area contributed by atoms with E-state index in [0.717, 1.165) is 32.1 Å². The minimum atomic E-state index is -1.42. The summed E-state index contributed by atoms with van der Waals surface area (Å²) in [4.78, 5) is 37.2. The van der Waals surface area contributed by atoms with E-state index in [1.807, 2.05) is 0 Å². The molecule has 2 rings (SSSR count). The third kappa shape index (κ3) is 2.64.